The van der Waals surface area contributed by atoms with Crippen LogP contribution in [0.25, 0.3) is 0 Å². The maximum Gasteiger partial charge on any atom is 0.0781 e. The molecule has 0 bridgehead atoms. The van der Waals surface area contributed by atoms with Crippen LogP contribution in [0.2, 0.25) is 0 Å². The SMILES string of the molecule is CC(O)c1ccccc1NCCC(C)c1ccccc1. The lowest BCUT2D eigenvalue weighted by Gasteiger charge is -2.16. The molecule has 0 aliphatic rings. The zero-order valence-electron chi connectivity index (χ0n) is 12.2. The average molecular weight is 269 g/mol. The number of benzene rings is 2. The summed E-state index contributed by atoms with van der Waals surface area (Å²) in [5.74, 6) is 0.530. The molecule has 0 amide bonds. The largest absolute Gasteiger partial charge is 0.389 e. The Labute approximate surface area is 121 Å². The summed E-state index contributed by atoms with van der Waals surface area (Å²) in [5.41, 5.74) is 3.36. The summed E-state index contributed by atoms with van der Waals surface area (Å²) in [5, 5.41) is 13.2. The Hall–Kier alpha value is -1.80. The smallest absolute Gasteiger partial charge is 0.0781 e. The second kappa shape index (κ2) is 7.11. The Morgan fingerprint density at radius 3 is 2.30 bits per heavy atom. The third-order valence-corrected chi connectivity index (χ3v) is 3.67. The van der Waals surface area contributed by atoms with Gasteiger partial charge in [-0.3, -0.25) is 0 Å². The quantitative estimate of drug-likeness (QED) is 0.817. The van der Waals surface area contributed by atoms with E-state index >= 15 is 0 Å². The first-order valence-corrected chi connectivity index (χ1v) is 7.24. The summed E-state index contributed by atoms with van der Waals surface area (Å²) >= 11 is 0. The highest BCUT2D eigenvalue weighted by molar-refractivity contribution is 5.52. The van der Waals surface area contributed by atoms with Gasteiger partial charge in [0.05, 0.1) is 6.10 Å². The molecular formula is C18H23NO. The molecule has 2 nitrogen and oxygen atoms in total. The number of aliphatic hydroxyl groups is 1. The van der Waals surface area contributed by atoms with Gasteiger partial charge in [-0.05, 0) is 30.9 Å². The second-order valence-corrected chi connectivity index (χ2v) is 5.29. The normalized spacial score (nSPS) is 13.8. The van der Waals surface area contributed by atoms with E-state index in [0.717, 1.165) is 24.2 Å². The van der Waals surface area contributed by atoms with Crippen LogP contribution < -0.4 is 5.32 Å². The number of anilines is 1. The molecule has 0 fully saturated rings. The fraction of sp³-hybridized carbons (Fsp3) is 0.333. The van der Waals surface area contributed by atoms with E-state index in [1.54, 1.807) is 6.92 Å². The number of para-hydroxylation sites is 1. The van der Waals surface area contributed by atoms with Crippen LogP contribution in [0.4, 0.5) is 5.69 Å². The highest BCUT2D eigenvalue weighted by atomic mass is 16.3. The van der Waals surface area contributed by atoms with Crippen LogP contribution in [0.1, 0.15) is 43.4 Å². The Kier molecular flexibility index (Phi) is 5.19. The van der Waals surface area contributed by atoms with Gasteiger partial charge in [0.2, 0.25) is 0 Å². The molecular weight excluding hydrogens is 246 g/mol. The first-order chi connectivity index (χ1) is 9.68. The standard InChI is InChI=1S/C18H23NO/c1-14(16-8-4-3-5-9-16)12-13-19-18-11-7-6-10-17(18)15(2)20/h3-11,14-15,19-20H,12-13H2,1-2H3. The van der Waals surface area contributed by atoms with E-state index in [0.29, 0.717) is 5.92 Å². The monoisotopic (exact) mass is 269 g/mol. The van der Waals surface area contributed by atoms with Crippen molar-refractivity contribution in [2.24, 2.45) is 0 Å². The topological polar surface area (TPSA) is 32.3 Å². The van der Waals surface area contributed by atoms with Crippen molar-refractivity contribution >= 4 is 5.69 Å². The Morgan fingerprint density at radius 1 is 0.950 bits per heavy atom. The number of nitrogens with one attached hydrogen (secondary N) is 1. The lowest BCUT2D eigenvalue weighted by molar-refractivity contribution is 0.200. The van der Waals surface area contributed by atoms with Crippen molar-refractivity contribution in [2.45, 2.75) is 32.3 Å². The predicted molar refractivity (Wildman–Crippen MR) is 85.0 cm³/mol. The van der Waals surface area contributed by atoms with E-state index < -0.39 is 6.10 Å². The van der Waals surface area contributed by atoms with Gasteiger partial charge >= 0.3 is 0 Å². The average Bonchev–Trinajstić information content (AvgIpc) is 2.48. The minimum atomic E-state index is -0.440. The minimum absolute atomic E-state index is 0.440. The van der Waals surface area contributed by atoms with Crippen molar-refractivity contribution in [2.75, 3.05) is 11.9 Å². The van der Waals surface area contributed by atoms with Crippen molar-refractivity contribution in [3.8, 4) is 0 Å². The van der Waals surface area contributed by atoms with Gasteiger partial charge in [0.1, 0.15) is 0 Å². The third kappa shape index (κ3) is 3.84. The molecule has 2 atom stereocenters. The van der Waals surface area contributed by atoms with Crippen LogP contribution in [0.3, 0.4) is 0 Å². The van der Waals surface area contributed by atoms with Gasteiger partial charge in [-0.1, -0.05) is 55.5 Å². The fourth-order valence-electron chi connectivity index (χ4n) is 2.39. The number of hydrogen-bond donors (Lipinski definition) is 2. The molecule has 2 N–H and O–H groups in total. The molecule has 0 heterocycles. The third-order valence-electron chi connectivity index (χ3n) is 3.67. The maximum absolute atomic E-state index is 9.75. The van der Waals surface area contributed by atoms with Crippen molar-refractivity contribution in [1.29, 1.82) is 0 Å². The highest BCUT2D eigenvalue weighted by Gasteiger charge is 2.08. The Morgan fingerprint density at radius 2 is 1.60 bits per heavy atom. The molecule has 0 saturated heterocycles. The highest BCUT2D eigenvalue weighted by Crippen LogP contribution is 2.23. The summed E-state index contributed by atoms with van der Waals surface area (Å²) in [4.78, 5) is 0. The van der Waals surface area contributed by atoms with Crippen LogP contribution >= 0.6 is 0 Å². The molecule has 0 radical (unpaired) electrons. The van der Waals surface area contributed by atoms with Gasteiger partial charge in [0.15, 0.2) is 0 Å². The molecule has 2 rings (SSSR count). The van der Waals surface area contributed by atoms with E-state index in [1.165, 1.54) is 5.56 Å². The molecule has 2 aromatic rings. The van der Waals surface area contributed by atoms with Crippen molar-refractivity contribution in [3.05, 3.63) is 65.7 Å². The Balaban J connectivity index is 1.90. The molecule has 20 heavy (non-hydrogen) atoms. The van der Waals surface area contributed by atoms with Crippen LogP contribution in [0.15, 0.2) is 54.6 Å². The molecule has 2 heteroatoms. The van der Waals surface area contributed by atoms with E-state index in [2.05, 4.69) is 36.5 Å². The van der Waals surface area contributed by atoms with Gasteiger partial charge in [-0.15, -0.1) is 0 Å². The lowest BCUT2D eigenvalue weighted by atomic mass is 9.98. The fourth-order valence-corrected chi connectivity index (χ4v) is 2.39. The predicted octanol–water partition coefficient (Wildman–Crippen LogP) is 4.35. The summed E-state index contributed by atoms with van der Waals surface area (Å²) in [7, 11) is 0. The van der Waals surface area contributed by atoms with E-state index in [9.17, 15) is 5.11 Å². The van der Waals surface area contributed by atoms with Gasteiger partial charge in [0, 0.05) is 17.8 Å². The zero-order valence-corrected chi connectivity index (χ0v) is 12.2. The summed E-state index contributed by atoms with van der Waals surface area (Å²) in [6.07, 6.45) is 0.628. The molecule has 0 aliphatic heterocycles. The van der Waals surface area contributed by atoms with Crippen molar-refractivity contribution in [1.82, 2.24) is 0 Å². The molecule has 0 spiro atoms. The van der Waals surface area contributed by atoms with Gasteiger partial charge in [0.25, 0.3) is 0 Å². The molecule has 2 aromatic carbocycles. The number of aliphatic hydroxyl groups excluding tert-OH is 1. The summed E-state index contributed by atoms with van der Waals surface area (Å²) in [6.45, 7) is 4.95. The van der Waals surface area contributed by atoms with Gasteiger partial charge in [-0.25, -0.2) is 0 Å². The summed E-state index contributed by atoms with van der Waals surface area (Å²) in [6, 6.07) is 18.5. The molecule has 0 saturated carbocycles. The first kappa shape index (κ1) is 14.6. The van der Waals surface area contributed by atoms with Crippen LogP contribution in [-0.4, -0.2) is 11.7 Å². The number of hydrogen-bond acceptors (Lipinski definition) is 2. The van der Waals surface area contributed by atoms with Gasteiger partial charge < -0.3 is 10.4 Å². The lowest BCUT2D eigenvalue weighted by Crippen LogP contribution is -2.08. The first-order valence-electron chi connectivity index (χ1n) is 7.24. The van der Waals surface area contributed by atoms with Crippen LogP contribution in [0.5, 0.6) is 0 Å². The van der Waals surface area contributed by atoms with Gasteiger partial charge in [-0.2, -0.15) is 0 Å². The molecule has 2 unspecified atom stereocenters. The Bertz CT molecular complexity index is 522. The van der Waals surface area contributed by atoms with Crippen molar-refractivity contribution in [3.63, 3.8) is 0 Å². The van der Waals surface area contributed by atoms with E-state index in [-0.39, 0.29) is 0 Å². The molecule has 106 valence electrons. The second-order valence-electron chi connectivity index (χ2n) is 5.29. The maximum atomic E-state index is 9.75. The van der Waals surface area contributed by atoms with Crippen molar-refractivity contribution < 1.29 is 5.11 Å². The number of rotatable bonds is 6. The summed E-state index contributed by atoms with van der Waals surface area (Å²) < 4.78 is 0. The zero-order chi connectivity index (χ0) is 14.4. The van der Waals surface area contributed by atoms with Crippen LogP contribution in [-0.2, 0) is 0 Å². The molecule has 0 aromatic heterocycles. The molecule has 0 aliphatic carbocycles. The minimum Gasteiger partial charge on any atom is -0.389 e. The van der Waals surface area contributed by atoms with Crippen LogP contribution in [0, 0.1) is 0 Å². The van der Waals surface area contributed by atoms with E-state index in [4.69, 9.17) is 0 Å². The van der Waals surface area contributed by atoms with E-state index in [1.807, 2.05) is 30.3 Å².